The van der Waals surface area contributed by atoms with E-state index in [9.17, 15) is 9.90 Å². The summed E-state index contributed by atoms with van der Waals surface area (Å²) in [6.07, 6.45) is 1.91. The zero-order valence-corrected chi connectivity index (χ0v) is 14.0. The molecule has 2 aromatic carbocycles. The average Bonchev–Trinajstić information content (AvgIpc) is 2.61. The van der Waals surface area contributed by atoms with Crippen LogP contribution >= 0.6 is 0 Å². The molecule has 2 aromatic rings. The minimum Gasteiger partial charge on any atom is -0.479 e. The van der Waals surface area contributed by atoms with E-state index in [0.29, 0.717) is 0 Å². The van der Waals surface area contributed by atoms with Crippen LogP contribution in [0.15, 0.2) is 60.7 Å². The Balaban J connectivity index is 2.08. The van der Waals surface area contributed by atoms with Gasteiger partial charge in [0.15, 0.2) is 5.54 Å². The van der Waals surface area contributed by atoms with Crippen molar-refractivity contribution in [2.75, 3.05) is 25.5 Å². The molecule has 24 heavy (non-hydrogen) atoms. The highest BCUT2D eigenvalue weighted by Gasteiger charge is 2.48. The van der Waals surface area contributed by atoms with Crippen LogP contribution in [0.5, 0.6) is 0 Å². The van der Waals surface area contributed by atoms with Crippen molar-refractivity contribution in [3.8, 4) is 0 Å². The maximum Gasteiger partial charge on any atom is 0.334 e. The highest BCUT2D eigenvalue weighted by molar-refractivity contribution is 5.85. The summed E-state index contributed by atoms with van der Waals surface area (Å²) < 4.78 is 0. The molecule has 1 heterocycles. The summed E-state index contributed by atoms with van der Waals surface area (Å²) in [5, 5.41) is 13.7. The van der Waals surface area contributed by atoms with Gasteiger partial charge in [-0.15, -0.1) is 0 Å². The highest BCUT2D eigenvalue weighted by atomic mass is 16.4. The smallest absolute Gasteiger partial charge is 0.334 e. The van der Waals surface area contributed by atoms with E-state index in [-0.39, 0.29) is 5.92 Å². The number of hydrogen-bond donors (Lipinski definition) is 2. The molecule has 2 N–H and O–H groups in total. The number of likely N-dealkylation sites (tertiary alicyclic amines) is 1. The minimum atomic E-state index is -1.13. The maximum absolute atomic E-state index is 12.6. The predicted molar refractivity (Wildman–Crippen MR) is 96.0 cm³/mol. The van der Waals surface area contributed by atoms with Crippen molar-refractivity contribution in [3.05, 3.63) is 66.2 Å². The molecule has 2 atom stereocenters. The van der Waals surface area contributed by atoms with E-state index in [1.807, 2.05) is 60.7 Å². The van der Waals surface area contributed by atoms with E-state index in [2.05, 4.69) is 17.3 Å². The van der Waals surface area contributed by atoms with Gasteiger partial charge in [-0.05, 0) is 44.1 Å². The molecule has 0 saturated carbocycles. The van der Waals surface area contributed by atoms with Crippen molar-refractivity contribution in [3.63, 3.8) is 0 Å². The second-order valence-corrected chi connectivity index (χ2v) is 6.57. The number of nitrogens with zero attached hydrogens (tertiary/aromatic N) is 1. The van der Waals surface area contributed by atoms with Crippen molar-refractivity contribution in [2.24, 2.45) is 5.92 Å². The van der Waals surface area contributed by atoms with E-state index in [1.54, 1.807) is 0 Å². The molecular weight excluding hydrogens is 300 g/mol. The maximum atomic E-state index is 12.6. The van der Waals surface area contributed by atoms with Crippen LogP contribution in [-0.2, 0) is 10.3 Å². The predicted octanol–water partition coefficient (Wildman–Crippen LogP) is 3.42. The fourth-order valence-electron chi connectivity index (χ4n) is 3.73. The Hall–Kier alpha value is -2.33. The SMILES string of the molecule is CN1CCCC(C(Nc2ccccc2)(C(=O)O)c2ccccc2)C1. The Kier molecular flexibility index (Phi) is 4.86. The summed E-state index contributed by atoms with van der Waals surface area (Å²) in [6, 6.07) is 19.2. The fourth-order valence-corrected chi connectivity index (χ4v) is 3.73. The lowest BCUT2D eigenvalue weighted by atomic mass is 9.73. The van der Waals surface area contributed by atoms with Gasteiger partial charge in [-0.2, -0.15) is 0 Å². The first-order valence-electron chi connectivity index (χ1n) is 8.43. The van der Waals surface area contributed by atoms with E-state index in [0.717, 1.165) is 37.2 Å². The molecule has 0 spiro atoms. The van der Waals surface area contributed by atoms with Crippen LogP contribution in [0.3, 0.4) is 0 Å². The number of para-hydroxylation sites is 1. The van der Waals surface area contributed by atoms with Gasteiger partial charge in [-0.25, -0.2) is 4.79 Å². The van der Waals surface area contributed by atoms with Gasteiger partial charge < -0.3 is 15.3 Å². The van der Waals surface area contributed by atoms with E-state index in [1.165, 1.54) is 0 Å². The number of piperidine rings is 1. The fraction of sp³-hybridized carbons (Fsp3) is 0.350. The highest BCUT2D eigenvalue weighted by Crippen LogP contribution is 2.39. The van der Waals surface area contributed by atoms with Gasteiger partial charge in [0.2, 0.25) is 0 Å². The van der Waals surface area contributed by atoms with Gasteiger partial charge in [-0.3, -0.25) is 0 Å². The topological polar surface area (TPSA) is 52.6 Å². The number of anilines is 1. The second-order valence-electron chi connectivity index (χ2n) is 6.57. The first kappa shape index (κ1) is 16.5. The number of rotatable bonds is 5. The summed E-state index contributed by atoms with van der Waals surface area (Å²) in [6.45, 7) is 1.79. The Morgan fingerprint density at radius 1 is 1.12 bits per heavy atom. The average molecular weight is 324 g/mol. The largest absolute Gasteiger partial charge is 0.479 e. The van der Waals surface area contributed by atoms with Crippen molar-refractivity contribution in [2.45, 2.75) is 18.4 Å². The van der Waals surface area contributed by atoms with Gasteiger partial charge in [0.25, 0.3) is 0 Å². The third-order valence-corrected chi connectivity index (χ3v) is 4.92. The van der Waals surface area contributed by atoms with Crippen molar-refractivity contribution >= 4 is 11.7 Å². The summed E-state index contributed by atoms with van der Waals surface area (Å²) >= 11 is 0. The number of hydrogen-bond acceptors (Lipinski definition) is 3. The molecule has 2 unspecified atom stereocenters. The molecule has 0 aliphatic carbocycles. The number of carboxylic acid groups (broad SMARTS) is 1. The van der Waals surface area contributed by atoms with Crippen LogP contribution in [0.4, 0.5) is 5.69 Å². The molecule has 4 heteroatoms. The van der Waals surface area contributed by atoms with Crippen molar-refractivity contribution in [1.29, 1.82) is 0 Å². The molecule has 0 bridgehead atoms. The third kappa shape index (κ3) is 3.15. The van der Waals surface area contributed by atoms with E-state index < -0.39 is 11.5 Å². The van der Waals surface area contributed by atoms with Crippen molar-refractivity contribution in [1.82, 2.24) is 4.90 Å². The van der Waals surface area contributed by atoms with Crippen molar-refractivity contribution < 1.29 is 9.90 Å². The molecule has 1 aliphatic heterocycles. The number of aliphatic carboxylic acids is 1. The molecule has 0 radical (unpaired) electrons. The quantitative estimate of drug-likeness (QED) is 0.885. The number of carboxylic acids is 1. The number of nitrogens with one attached hydrogen (secondary N) is 1. The molecular formula is C20H24N2O2. The number of carbonyl (C=O) groups is 1. The number of benzene rings is 2. The molecule has 0 amide bonds. The van der Waals surface area contributed by atoms with Gasteiger partial charge in [0, 0.05) is 18.2 Å². The third-order valence-electron chi connectivity index (χ3n) is 4.92. The first-order chi connectivity index (χ1) is 11.6. The Bertz CT molecular complexity index is 675. The van der Waals surface area contributed by atoms with Gasteiger partial charge in [0.05, 0.1) is 0 Å². The molecule has 4 nitrogen and oxygen atoms in total. The normalized spacial score (nSPS) is 21.0. The standard InChI is InChI=1S/C20H24N2O2/c1-22-14-8-11-17(15-22)20(19(23)24,16-9-4-2-5-10-16)21-18-12-6-3-7-13-18/h2-7,9-10,12-13,17,21H,8,11,14-15H2,1H3,(H,23,24). The lowest BCUT2D eigenvalue weighted by molar-refractivity contribution is -0.145. The molecule has 3 rings (SSSR count). The molecule has 126 valence electrons. The first-order valence-corrected chi connectivity index (χ1v) is 8.43. The Morgan fingerprint density at radius 3 is 2.33 bits per heavy atom. The molecule has 1 saturated heterocycles. The Morgan fingerprint density at radius 2 is 1.75 bits per heavy atom. The van der Waals surface area contributed by atoms with Gasteiger partial charge >= 0.3 is 5.97 Å². The lowest BCUT2D eigenvalue weighted by Crippen LogP contribution is -2.54. The van der Waals surface area contributed by atoms with Crippen LogP contribution in [0.1, 0.15) is 18.4 Å². The van der Waals surface area contributed by atoms with E-state index in [4.69, 9.17) is 0 Å². The summed E-state index contributed by atoms with van der Waals surface area (Å²) in [5.74, 6) is -0.825. The Labute approximate surface area is 143 Å². The van der Waals surface area contributed by atoms with Gasteiger partial charge in [-0.1, -0.05) is 48.5 Å². The zero-order valence-electron chi connectivity index (χ0n) is 14.0. The zero-order chi connectivity index (χ0) is 17.0. The molecule has 1 fully saturated rings. The summed E-state index contributed by atoms with van der Waals surface area (Å²) in [4.78, 5) is 14.8. The van der Waals surface area contributed by atoms with E-state index >= 15 is 0 Å². The monoisotopic (exact) mass is 324 g/mol. The van der Waals surface area contributed by atoms with Crippen LogP contribution in [0, 0.1) is 5.92 Å². The summed E-state index contributed by atoms with van der Waals surface area (Å²) in [7, 11) is 2.06. The van der Waals surface area contributed by atoms with Crippen LogP contribution in [-0.4, -0.2) is 36.1 Å². The molecule has 0 aromatic heterocycles. The minimum absolute atomic E-state index is 0.00337. The second kappa shape index (κ2) is 7.05. The molecule has 1 aliphatic rings. The van der Waals surface area contributed by atoms with Crippen LogP contribution in [0.2, 0.25) is 0 Å². The van der Waals surface area contributed by atoms with Crippen LogP contribution in [0.25, 0.3) is 0 Å². The summed E-state index contributed by atoms with van der Waals surface area (Å²) in [5.41, 5.74) is 0.510. The van der Waals surface area contributed by atoms with Crippen LogP contribution < -0.4 is 5.32 Å². The lowest BCUT2D eigenvalue weighted by Gasteiger charge is -2.43. The van der Waals surface area contributed by atoms with Gasteiger partial charge in [0.1, 0.15) is 0 Å².